The van der Waals surface area contributed by atoms with Gasteiger partial charge in [-0.25, -0.2) is 0 Å². The molecule has 5 heteroatoms. The molecule has 0 bridgehead atoms. The van der Waals surface area contributed by atoms with E-state index in [9.17, 15) is 9.90 Å². The maximum Gasteiger partial charge on any atom is 0.227 e. The van der Waals surface area contributed by atoms with Crippen LogP contribution in [0.4, 0.5) is 0 Å². The van der Waals surface area contributed by atoms with Gasteiger partial charge in [0.25, 0.3) is 0 Å². The molecule has 1 heterocycles. The number of amides is 1. The van der Waals surface area contributed by atoms with Crippen LogP contribution in [0.3, 0.4) is 0 Å². The highest BCUT2D eigenvalue weighted by Gasteiger charge is 2.43. The number of methoxy groups -OCH3 is 1. The molecule has 0 radical (unpaired) electrons. The predicted octanol–water partition coefficient (Wildman–Crippen LogP) is -0.254. The van der Waals surface area contributed by atoms with E-state index in [1.807, 2.05) is 0 Å². The van der Waals surface area contributed by atoms with Crippen LogP contribution in [-0.4, -0.2) is 50.5 Å². The van der Waals surface area contributed by atoms with Crippen LogP contribution < -0.4 is 10.6 Å². The molecule has 1 fully saturated rings. The lowest BCUT2D eigenvalue weighted by molar-refractivity contribution is -0.133. The van der Waals surface area contributed by atoms with Crippen LogP contribution in [0.15, 0.2) is 0 Å². The zero-order valence-corrected chi connectivity index (χ0v) is 11.0. The SMILES string of the molecule is COCC(O)CNC(=O)C1(C(C)C)CCNC1. The summed E-state index contributed by atoms with van der Waals surface area (Å²) >= 11 is 0. The standard InChI is InChI=1S/C12H24N2O3/c1-9(2)12(4-5-13-8-12)11(16)14-6-10(15)7-17-3/h9-10,13,15H,4-8H2,1-3H3,(H,14,16). The second-order valence-corrected chi connectivity index (χ2v) is 5.06. The molecule has 1 amide bonds. The average molecular weight is 244 g/mol. The minimum Gasteiger partial charge on any atom is -0.389 e. The van der Waals surface area contributed by atoms with E-state index in [0.29, 0.717) is 0 Å². The maximum absolute atomic E-state index is 12.2. The molecule has 2 unspecified atom stereocenters. The first kappa shape index (κ1) is 14.4. The highest BCUT2D eigenvalue weighted by molar-refractivity contribution is 5.83. The summed E-state index contributed by atoms with van der Waals surface area (Å²) < 4.78 is 4.82. The van der Waals surface area contributed by atoms with Gasteiger partial charge in [0.1, 0.15) is 0 Å². The molecule has 1 aliphatic rings. The number of aliphatic hydroxyl groups is 1. The van der Waals surface area contributed by atoms with Crippen molar-refractivity contribution in [3.63, 3.8) is 0 Å². The van der Waals surface area contributed by atoms with Crippen molar-refractivity contribution >= 4 is 5.91 Å². The molecule has 0 saturated carbocycles. The summed E-state index contributed by atoms with van der Waals surface area (Å²) in [6, 6.07) is 0. The van der Waals surface area contributed by atoms with Crippen LogP contribution in [0.25, 0.3) is 0 Å². The fourth-order valence-electron chi connectivity index (χ4n) is 2.30. The molecule has 0 spiro atoms. The molecule has 5 nitrogen and oxygen atoms in total. The Kier molecular flexibility index (Phi) is 5.36. The topological polar surface area (TPSA) is 70.6 Å². The van der Waals surface area contributed by atoms with Gasteiger partial charge in [-0.15, -0.1) is 0 Å². The van der Waals surface area contributed by atoms with Crippen LogP contribution in [0.5, 0.6) is 0 Å². The van der Waals surface area contributed by atoms with Gasteiger partial charge in [-0.2, -0.15) is 0 Å². The smallest absolute Gasteiger partial charge is 0.227 e. The van der Waals surface area contributed by atoms with Gasteiger partial charge in [-0.3, -0.25) is 4.79 Å². The number of rotatable bonds is 6. The lowest BCUT2D eigenvalue weighted by atomic mass is 9.75. The van der Waals surface area contributed by atoms with Crippen LogP contribution in [0, 0.1) is 11.3 Å². The minimum absolute atomic E-state index is 0.0349. The van der Waals surface area contributed by atoms with E-state index in [0.717, 1.165) is 19.5 Å². The van der Waals surface area contributed by atoms with Gasteiger partial charge in [0, 0.05) is 20.2 Å². The van der Waals surface area contributed by atoms with Gasteiger partial charge >= 0.3 is 0 Å². The van der Waals surface area contributed by atoms with E-state index in [-0.39, 0.29) is 30.4 Å². The monoisotopic (exact) mass is 244 g/mol. The lowest BCUT2D eigenvalue weighted by Crippen LogP contribution is -2.48. The number of aliphatic hydroxyl groups excluding tert-OH is 1. The Labute approximate surface area is 103 Å². The molecule has 0 aromatic rings. The normalized spacial score (nSPS) is 26.2. The van der Waals surface area contributed by atoms with Crippen LogP contribution in [0.1, 0.15) is 20.3 Å². The van der Waals surface area contributed by atoms with Gasteiger partial charge in [-0.1, -0.05) is 13.8 Å². The molecular formula is C12H24N2O3. The first-order valence-electron chi connectivity index (χ1n) is 6.19. The zero-order chi connectivity index (χ0) is 12.9. The van der Waals surface area contributed by atoms with E-state index >= 15 is 0 Å². The average Bonchev–Trinajstić information content (AvgIpc) is 2.76. The molecule has 0 aromatic carbocycles. The summed E-state index contributed by atoms with van der Waals surface area (Å²) in [5.74, 6) is 0.324. The molecule has 1 saturated heterocycles. The Morgan fingerprint density at radius 1 is 1.59 bits per heavy atom. The summed E-state index contributed by atoms with van der Waals surface area (Å²) in [5, 5.41) is 15.6. The van der Waals surface area contributed by atoms with Crippen molar-refractivity contribution in [2.24, 2.45) is 11.3 Å². The fourth-order valence-corrected chi connectivity index (χ4v) is 2.30. The quantitative estimate of drug-likeness (QED) is 0.602. The number of carbonyl (C=O) groups is 1. The van der Waals surface area contributed by atoms with E-state index < -0.39 is 6.10 Å². The highest BCUT2D eigenvalue weighted by atomic mass is 16.5. The number of hydrogen-bond donors (Lipinski definition) is 3. The molecule has 1 aliphatic heterocycles. The van der Waals surface area contributed by atoms with Crippen molar-refractivity contribution < 1.29 is 14.6 Å². The zero-order valence-electron chi connectivity index (χ0n) is 11.0. The number of nitrogens with one attached hydrogen (secondary N) is 2. The Morgan fingerprint density at radius 2 is 2.29 bits per heavy atom. The summed E-state index contributed by atoms with van der Waals surface area (Å²) in [5.41, 5.74) is -0.327. The fraction of sp³-hybridized carbons (Fsp3) is 0.917. The molecule has 0 aliphatic carbocycles. The Bertz CT molecular complexity index is 250. The molecule has 1 rings (SSSR count). The van der Waals surface area contributed by atoms with E-state index in [2.05, 4.69) is 24.5 Å². The number of ether oxygens (including phenoxy) is 1. The van der Waals surface area contributed by atoms with Gasteiger partial charge < -0.3 is 20.5 Å². The number of hydrogen-bond acceptors (Lipinski definition) is 4. The molecule has 3 N–H and O–H groups in total. The minimum atomic E-state index is -0.637. The summed E-state index contributed by atoms with van der Waals surface area (Å²) in [6.07, 6.45) is 0.221. The number of carbonyl (C=O) groups excluding carboxylic acids is 1. The maximum atomic E-state index is 12.2. The highest BCUT2D eigenvalue weighted by Crippen LogP contribution is 2.34. The van der Waals surface area contributed by atoms with Crippen molar-refractivity contribution in [3.05, 3.63) is 0 Å². The predicted molar refractivity (Wildman–Crippen MR) is 65.7 cm³/mol. The van der Waals surface area contributed by atoms with E-state index in [1.54, 1.807) is 0 Å². The van der Waals surface area contributed by atoms with Gasteiger partial charge in [0.05, 0.1) is 18.1 Å². The van der Waals surface area contributed by atoms with Crippen molar-refractivity contribution in [1.82, 2.24) is 10.6 Å². The molecule has 100 valence electrons. The molecule has 0 aromatic heterocycles. The Morgan fingerprint density at radius 3 is 2.76 bits per heavy atom. The third kappa shape index (κ3) is 3.40. The molecule has 17 heavy (non-hydrogen) atoms. The van der Waals surface area contributed by atoms with Crippen molar-refractivity contribution in [1.29, 1.82) is 0 Å². The summed E-state index contributed by atoms with van der Waals surface area (Å²) in [4.78, 5) is 12.2. The van der Waals surface area contributed by atoms with Gasteiger partial charge in [-0.05, 0) is 18.9 Å². The van der Waals surface area contributed by atoms with E-state index in [4.69, 9.17) is 4.74 Å². The molecular weight excluding hydrogens is 220 g/mol. The largest absolute Gasteiger partial charge is 0.389 e. The van der Waals surface area contributed by atoms with Crippen LogP contribution in [0.2, 0.25) is 0 Å². The second-order valence-electron chi connectivity index (χ2n) is 5.06. The Balaban J connectivity index is 2.49. The first-order valence-corrected chi connectivity index (χ1v) is 6.19. The third-order valence-corrected chi connectivity index (χ3v) is 3.60. The first-order chi connectivity index (χ1) is 8.03. The van der Waals surface area contributed by atoms with Crippen LogP contribution >= 0.6 is 0 Å². The van der Waals surface area contributed by atoms with Crippen molar-refractivity contribution in [2.75, 3.05) is 33.4 Å². The van der Waals surface area contributed by atoms with Crippen LogP contribution in [-0.2, 0) is 9.53 Å². The third-order valence-electron chi connectivity index (χ3n) is 3.60. The lowest BCUT2D eigenvalue weighted by Gasteiger charge is -2.31. The van der Waals surface area contributed by atoms with Crippen molar-refractivity contribution in [3.8, 4) is 0 Å². The molecule has 2 atom stereocenters. The Hall–Kier alpha value is -0.650. The summed E-state index contributed by atoms with van der Waals surface area (Å²) in [6.45, 7) is 6.23. The van der Waals surface area contributed by atoms with Crippen molar-refractivity contribution in [2.45, 2.75) is 26.4 Å². The summed E-state index contributed by atoms with van der Waals surface area (Å²) in [7, 11) is 1.53. The second kappa shape index (κ2) is 6.33. The van der Waals surface area contributed by atoms with Gasteiger partial charge in [0.15, 0.2) is 0 Å². The van der Waals surface area contributed by atoms with Gasteiger partial charge in [0.2, 0.25) is 5.91 Å². The van der Waals surface area contributed by atoms with E-state index in [1.165, 1.54) is 7.11 Å².